The first-order chi connectivity index (χ1) is 10.2. The lowest BCUT2D eigenvalue weighted by atomic mass is 10.1. The maximum atomic E-state index is 8.66. The Hall–Kier alpha value is -1.40. The molecule has 0 aromatic carbocycles. The average Bonchev–Trinajstić information content (AvgIpc) is 2.86. The Kier molecular flexibility index (Phi) is 3.23. The van der Waals surface area contributed by atoms with Crippen LogP contribution in [0.5, 0.6) is 0 Å². The van der Waals surface area contributed by atoms with Gasteiger partial charge in [0.2, 0.25) is 0 Å². The highest BCUT2D eigenvalue weighted by atomic mass is 32.1. The van der Waals surface area contributed by atoms with Crippen molar-refractivity contribution in [2.75, 3.05) is 31.7 Å². The third-order valence-electron chi connectivity index (χ3n) is 4.62. The third-order valence-corrected chi connectivity index (χ3v) is 5.74. The molecule has 1 N–H and O–H groups in total. The van der Waals surface area contributed by atoms with Gasteiger partial charge in [0.05, 0.1) is 5.39 Å². The van der Waals surface area contributed by atoms with Gasteiger partial charge in [0.25, 0.3) is 0 Å². The Morgan fingerprint density at radius 1 is 1.19 bits per heavy atom. The molecule has 0 amide bonds. The second-order valence-electron chi connectivity index (χ2n) is 6.12. The number of hydrogen-bond acceptors (Lipinski definition) is 5. The lowest BCUT2D eigenvalue weighted by molar-refractivity contribution is 0.318. The Balaban J connectivity index is 1.84. The van der Waals surface area contributed by atoms with Gasteiger partial charge in [-0.3, -0.25) is 5.41 Å². The summed E-state index contributed by atoms with van der Waals surface area (Å²) in [4.78, 5) is 9.43. The van der Waals surface area contributed by atoms with E-state index >= 15 is 0 Å². The molecule has 0 radical (unpaired) electrons. The van der Waals surface area contributed by atoms with Gasteiger partial charge < -0.3 is 9.91 Å². The summed E-state index contributed by atoms with van der Waals surface area (Å²) in [5.41, 5.74) is 2.00. The molecule has 2 aromatic heterocycles. The zero-order valence-electron chi connectivity index (χ0n) is 12.4. The molecule has 0 bridgehead atoms. The SMILES string of the molecule is CN1CCc2c(sc3ncn(N4CCCCC4)c(=N)c23)C1. The number of aromatic nitrogens is 2. The number of rotatable bonds is 1. The number of thiophene rings is 1. The van der Waals surface area contributed by atoms with E-state index in [9.17, 15) is 0 Å². The molecule has 0 aliphatic carbocycles. The van der Waals surface area contributed by atoms with Crippen molar-refractivity contribution < 1.29 is 0 Å². The maximum Gasteiger partial charge on any atom is 0.156 e. The van der Waals surface area contributed by atoms with Gasteiger partial charge in [0, 0.05) is 31.1 Å². The van der Waals surface area contributed by atoms with Crippen LogP contribution >= 0.6 is 11.3 Å². The highest BCUT2D eigenvalue weighted by Crippen LogP contribution is 2.31. The summed E-state index contributed by atoms with van der Waals surface area (Å²) in [6, 6.07) is 0. The van der Waals surface area contributed by atoms with Crippen molar-refractivity contribution in [3.63, 3.8) is 0 Å². The summed E-state index contributed by atoms with van der Waals surface area (Å²) >= 11 is 1.77. The van der Waals surface area contributed by atoms with Gasteiger partial charge in [0.1, 0.15) is 11.2 Å². The molecule has 4 rings (SSSR count). The van der Waals surface area contributed by atoms with Crippen molar-refractivity contribution in [3.05, 3.63) is 22.3 Å². The molecular formula is C15H21N5S. The fourth-order valence-electron chi connectivity index (χ4n) is 3.44. The molecule has 1 saturated heterocycles. The van der Waals surface area contributed by atoms with Gasteiger partial charge in [-0.1, -0.05) is 0 Å². The van der Waals surface area contributed by atoms with E-state index in [4.69, 9.17) is 5.41 Å². The van der Waals surface area contributed by atoms with Crippen LogP contribution < -0.4 is 10.5 Å². The minimum Gasteiger partial charge on any atom is -0.310 e. The highest BCUT2D eigenvalue weighted by molar-refractivity contribution is 7.18. The monoisotopic (exact) mass is 303 g/mol. The summed E-state index contributed by atoms with van der Waals surface area (Å²) < 4.78 is 1.98. The molecule has 21 heavy (non-hydrogen) atoms. The highest BCUT2D eigenvalue weighted by Gasteiger charge is 2.22. The van der Waals surface area contributed by atoms with Crippen LogP contribution in [0, 0.1) is 5.41 Å². The van der Waals surface area contributed by atoms with E-state index in [-0.39, 0.29) is 0 Å². The second kappa shape index (κ2) is 5.10. The predicted octanol–water partition coefficient (Wildman–Crippen LogP) is 1.69. The number of fused-ring (bicyclic) bond motifs is 3. The van der Waals surface area contributed by atoms with Crippen molar-refractivity contribution in [3.8, 4) is 0 Å². The van der Waals surface area contributed by atoms with Crippen molar-refractivity contribution >= 4 is 21.6 Å². The molecule has 1 fully saturated rings. The van der Waals surface area contributed by atoms with Crippen LogP contribution in [0.25, 0.3) is 10.2 Å². The van der Waals surface area contributed by atoms with Gasteiger partial charge >= 0.3 is 0 Å². The molecule has 0 saturated carbocycles. The average molecular weight is 303 g/mol. The maximum absolute atomic E-state index is 8.66. The predicted molar refractivity (Wildman–Crippen MR) is 85.3 cm³/mol. The van der Waals surface area contributed by atoms with E-state index in [2.05, 4.69) is 21.9 Å². The zero-order chi connectivity index (χ0) is 14.4. The van der Waals surface area contributed by atoms with Crippen molar-refractivity contribution in [2.24, 2.45) is 0 Å². The third kappa shape index (κ3) is 2.17. The summed E-state index contributed by atoms with van der Waals surface area (Å²) in [5, 5.41) is 12.0. The Morgan fingerprint density at radius 2 is 2.00 bits per heavy atom. The van der Waals surface area contributed by atoms with E-state index in [0.717, 1.165) is 42.8 Å². The Bertz CT molecular complexity index is 725. The molecule has 2 aliphatic rings. The lowest BCUT2D eigenvalue weighted by Gasteiger charge is -2.30. The molecule has 2 aromatic rings. The Labute approximate surface area is 128 Å². The van der Waals surface area contributed by atoms with Crippen LogP contribution in [0.4, 0.5) is 0 Å². The molecule has 0 unspecified atom stereocenters. The van der Waals surface area contributed by atoms with E-state index < -0.39 is 0 Å². The molecular weight excluding hydrogens is 282 g/mol. The van der Waals surface area contributed by atoms with Crippen molar-refractivity contribution in [1.82, 2.24) is 14.6 Å². The molecule has 4 heterocycles. The molecule has 0 spiro atoms. The molecule has 112 valence electrons. The fraction of sp³-hybridized carbons (Fsp3) is 0.600. The van der Waals surface area contributed by atoms with Gasteiger partial charge in [-0.25, -0.2) is 9.66 Å². The number of nitrogens with one attached hydrogen (secondary N) is 1. The van der Waals surface area contributed by atoms with Crippen molar-refractivity contribution in [1.29, 1.82) is 5.41 Å². The van der Waals surface area contributed by atoms with Crippen LogP contribution in [0.15, 0.2) is 6.33 Å². The zero-order valence-corrected chi connectivity index (χ0v) is 13.2. The summed E-state index contributed by atoms with van der Waals surface area (Å²) in [5.74, 6) is 0. The first kappa shape index (κ1) is 13.3. The number of likely N-dealkylation sites (N-methyl/N-ethyl adjacent to an activating group) is 1. The van der Waals surface area contributed by atoms with Crippen LogP contribution in [-0.4, -0.2) is 41.2 Å². The van der Waals surface area contributed by atoms with Gasteiger partial charge in [-0.15, -0.1) is 11.3 Å². The molecule has 2 aliphatic heterocycles. The van der Waals surface area contributed by atoms with Gasteiger partial charge in [0.15, 0.2) is 5.49 Å². The van der Waals surface area contributed by atoms with Gasteiger partial charge in [-0.05, 0) is 38.3 Å². The second-order valence-corrected chi connectivity index (χ2v) is 7.21. The summed E-state index contributed by atoms with van der Waals surface area (Å²) in [6.07, 6.45) is 6.64. The minimum atomic E-state index is 0.629. The fourth-order valence-corrected chi connectivity index (χ4v) is 4.71. The van der Waals surface area contributed by atoms with Crippen molar-refractivity contribution in [2.45, 2.75) is 32.2 Å². The van der Waals surface area contributed by atoms with E-state index in [1.54, 1.807) is 11.3 Å². The summed E-state index contributed by atoms with van der Waals surface area (Å²) in [6.45, 7) is 4.16. The smallest absolute Gasteiger partial charge is 0.156 e. The lowest BCUT2D eigenvalue weighted by Crippen LogP contribution is -2.45. The van der Waals surface area contributed by atoms with E-state index in [0.29, 0.717) is 5.49 Å². The first-order valence-electron chi connectivity index (χ1n) is 7.74. The topological polar surface area (TPSA) is 48.2 Å². The first-order valence-corrected chi connectivity index (χ1v) is 8.56. The molecule has 5 nitrogen and oxygen atoms in total. The van der Waals surface area contributed by atoms with Gasteiger partial charge in [-0.2, -0.15) is 0 Å². The quantitative estimate of drug-likeness (QED) is 0.872. The minimum absolute atomic E-state index is 0.629. The molecule has 6 heteroatoms. The normalized spacial score (nSPS) is 20.0. The van der Waals surface area contributed by atoms with E-state index in [1.165, 1.54) is 29.7 Å². The molecule has 0 atom stereocenters. The van der Waals surface area contributed by atoms with Crippen LogP contribution in [0.1, 0.15) is 29.7 Å². The summed E-state index contributed by atoms with van der Waals surface area (Å²) in [7, 11) is 2.16. The largest absolute Gasteiger partial charge is 0.310 e. The van der Waals surface area contributed by atoms with Crippen LogP contribution in [-0.2, 0) is 13.0 Å². The standard InChI is InChI=1S/C15H21N5S/c1-18-8-5-11-12(9-18)21-15-13(11)14(16)20(10-17-15)19-6-3-2-4-7-19/h10,16H,2-9H2,1H3. The number of nitrogens with zero attached hydrogens (tertiary/aromatic N) is 4. The van der Waals surface area contributed by atoms with E-state index in [1.807, 2.05) is 11.0 Å². The van der Waals surface area contributed by atoms with Crippen LogP contribution in [0.3, 0.4) is 0 Å². The Morgan fingerprint density at radius 3 is 2.81 bits per heavy atom. The number of piperidine rings is 1. The number of hydrogen-bond donors (Lipinski definition) is 1. The van der Waals surface area contributed by atoms with Crippen LogP contribution in [0.2, 0.25) is 0 Å².